The van der Waals surface area contributed by atoms with E-state index in [9.17, 15) is 0 Å². The van der Waals surface area contributed by atoms with Gasteiger partial charge in [-0.1, -0.05) is 48.0 Å². The average molecular weight is 232 g/mol. The zero-order valence-corrected chi connectivity index (χ0v) is 9.96. The van der Waals surface area contributed by atoms with E-state index in [4.69, 9.17) is 11.6 Å². The Kier molecular flexibility index (Phi) is 3.47. The van der Waals surface area contributed by atoms with Crippen molar-refractivity contribution in [2.45, 2.75) is 13.5 Å². The number of benzene rings is 2. The molecule has 0 heterocycles. The number of aryl methyl sites for hydroxylation is 1. The van der Waals surface area contributed by atoms with Gasteiger partial charge in [-0.3, -0.25) is 0 Å². The van der Waals surface area contributed by atoms with Crippen LogP contribution in [-0.4, -0.2) is 0 Å². The van der Waals surface area contributed by atoms with Crippen LogP contribution in [0.4, 0.5) is 5.69 Å². The van der Waals surface area contributed by atoms with E-state index in [1.54, 1.807) is 0 Å². The highest BCUT2D eigenvalue weighted by Crippen LogP contribution is 2.20. The fraction of sp³-hybridized carbons (Fsp3) is 0.143. The van der Waals surface area contributed by atoms with Gasteiger partial charge in [0.05, 0.1) is 0 Å². The molecule has 0 aliphatic carbocycles. The molecule has 0 aliphatic rings. The minimum atomic E-state index is 0.765. The van der Waals surface area contributed by atoms with E-state index >= 15 is 0 Å². The van der Waals surface area contributed by atoms with Crippen LogP contribution in [0, 0.1) is 6.92 Å². The van der Waals surface area contributed by atoms with Crippen molar-refractivity contribution in [2.24, 2.45) is 0 Å². The van der Waals surface area contributed by atoms with E-state index in [2.05, 4.69) is 24.4 Å². The Hall–Kier alpha value is -1.47. The van der Waals surface area contributed by atoms with E-state index in [0.29, 0.717) is 0 Å². The van der Waals surface area contributed by atoms with Crippen molar-refractivity contribution in [3.05, 3.63) is 64.7 Å². The first kappa shape index (κ1) is 11.0. The smallest absolute Gasteiger partial charge is 0.0426 e. The number of rotatable bonds is 3. The lowest BCUT2D eigenvalue weighted by molar-refractivity contribution is 1.14. The van der Waals surface area contributed by atoms with Crippen LogP contribution in [-0.2, 0) is 6.54 Å². The lowest BCUT2D eigenvalue weighted by Crippen LogP contribution is -2.00. The largest absolute Gasteiger partial charge is 0.381 e. The summed E-state index contributed by atoms with van der Waals surface area (Å²) in [6.07, 6.45) is 0. The highest BCUT2D eigenvalue weighted by atomic mass is 35.5. The number of anilines is 1. The molecule has 0 aliphatic heterocycles. The first-order valence-electron chi connectivity index (χ1n) is 5.29. The highest BCUT2D eigenvalue weighted by Gasteiger charge is 1.98. The van der Waals surface area contributed by atoms with Crippen LogP contribution in [0.25, 0.3) is 0 Å². The second kappa shape index (κ2) is 5.04. The van der Waals surface area contributed by atoms with Crippen molar-refractivity contribution in [3.8, 4) is 0 Å². The molecule has 1 nitrogen and oxygen atoms in total. The molecule has 0 atom stereocenters. The zero-order chi connectivity index (χ0) is 11.4. The average Bonchev–Trinajstić information content (AvgIpc) is 2.32. The van der Waals surface area contributed by atoms with Crippen LogP contribution < -0.4 is 5.32 Å². The molecule has 1 N–H and O–H groups in total. The molecule has 2 rings (SSSR count). The molecule has 2 aromatic rings. The van der Waals surface area contributed by atoms with Crippen LogP contribution in [0.2, 0.25) is 5.02 Å². The van der Waals surface area contributed by atoms with Gasteiger partial charge in [-0.15, -0.1) is 0 Å². The molecular formula is C14H14ClN. The first-order valence-corrected chi connectivity index (χ1v) is 5.67. The third-order valence-electron chi connectivity index (χ3n) is 2.53. The second-order valence-electron chi connectivity index (χ2n) is 3.80. The molecule has 0 amide bonds. The summed E-state index contributed by atoms with van der Waals surface area (Å²) in [7, 11) is 0. The van der Waals surface area contributed by atoms with Gasteiger partial charge in [-0.05, 0) is 30.2 Å². The number of nitrogens with one attached hydrogen (secondary N) is 1. The first-order chi connectivity index (χ1) is 7.75. The van der Waals surface area contributed by atoms with Gasteiger partial charge in [0.2, 0.25) is 0 Å². The van der Waals surface area contributed by atoms with E-state index in [1.165, 1.54) is 11.1 Å². The summed E-state index contributed by atoms with van der Waals surface area (Å²) in [4.78, 5) is 0. The summed E-state index contributed by atoms with van der Waals surface area (Å²) < 4.78 is 0. The normalized spacial score (nSPS) is 10.1. The lowest BCUT2D eigenvalue weighted by atomic mass is 10.2. The zero-order valence-electron chi connectivity index (χ0n) is 9.20. The van der Waals surface area contributed by atoms with Crippen molar-refractivity contribution in [2.75, 3.05) is 5.32 Å². The third-order valence-corrected chi connectivity index (χ3v) is 2.76. The number of hydrogen-bond donors (Lipinski definition) is 1. The highest BCUT2D eigenvalue weighted by molar-refractivity contribution is 6.30. The van der Waals surface area contributed by atoms with Crippen LogP contribution >= 0.6 is 11.6 Å². The van der Waals surface area contributed by atoms with Crippen LogP contribution in [0.3, 0.4) is 0 Å². The summed E-state index contributed by atoms with van der Waals surface area (Å²) >= 11 is 5.96. The van der Waals surface area contributed by atoms with Gasteiger partial charge in [0.1, 0.15) is 0 Å². The molecule has 2 aromatic carbocycles. The predicted octanol–water partition coefficient (Wildman–Crippen LogP) is 4.26. The van der Waals surface area contributed by atoms with Gasteiger partial charge in [0, 0.05) is 17.3 Å². The van der Waals surface area contributed by atoms with Gasteiger partial charge >= 0.3 is 0 Å². The van der Waals surface area contributed by atoms with Crippen molar-refractivity contribution < 1.29 is 0 Å². The maximum absolute atomic E-state index is 5.96. The molecule has 0 unspecified atom stereocenters. The number of halogens is 1. The monoisotopic (exact) mass is 231 g/mol. The minimum absolute atomic E-state index is 0.765. The van der Waals surface area contributed by atoms with Crippen molar-refractivity contribution in [3.63, 3.8) is 0 Å². The van der Waals surface area contributed by atoms with Crippen LogP contribution in [0.15, 0.2) is 48.5 Å². The van der Waals surface area contributed by atoms with Gasteiger partial charge in [0.25, 0.3) is 0 Å². The maximum Gasteiger partial charge on any atom is 0.0426 e. The quantitative estimate of drug-likeness (QED) is 0.832. The van der Waals surface area contributed by atoms with E-state index in [1.807, 2.05) is 36.4 Å². The van der Waals surface area contributed by atoms with E-state index in [0.717, 1.165) is 17.3 Å². The molecule has 0 fully saturated rings. The lowest BCUT2D eigenvalue weighted by Gasteiger charge is -2.09. The van der Waals surface area contributed by atoms with E-state index in [-0.39, 0.29) is 0 Å². The maximum atomic E-state index is 5.96. The predicted molar refractivity (Wildman–Crippen MR) is 70.0 cm³/mol. The van der Waals surface area contributed by atoms with Crippen molar-refractivity contribution >= 4 is 17.3 Å². The fourth-order valence-corrected chi connectivity index (χ4v) is 1.75. The molecule has 0 saturated heterocycles. The molecule has 0 aromatic heterocycles. The number of hydrogen-bond acceptors (Lipinski definition) is 1. The topological polar surface area (TPSA) is 12.0 Å². The SMILES string of the molecule is Cc1ccc(Cl)cc1NCc1ccccc1. The molecule has 0 saturated carbocycles. The van der Waals surface area contributed by atoms with E-state index < -0.39 is 0 Å². The van der Waals surface area contributed by atoms with Crippen LogP contribution in [0.1, 0.15) is 11.1 Å². The van der Waals surface area contributed by atoms with Gasteiger partial charge in [-0.25, -0.2) is 0 Å². The Morgan fingerprint density at radius 2 is 1.81 bits per heavy atom. The molecule has 16 heavy (non-hydrogen) atoms. The summed E-state index contributed by atoms with van der Waals surface area (Å²) in [5.74, 6) is 0. The molecule has 0 spiro atoms. The fourth-order valence-electron chi connectivity index (χ4n) is 1.58. The molecule has 0 radical (unpaired) electrons. The Labute approximate surface area is 101 Å². The van der Waals surface area contributed by atoms with Gasteiger partial charge < -0.3 is 5.32 Å². The third kappa shape index (κ3) is 2.77. The molecular weight excluding hydrogens is 218 g/mol. The Balaban J connectivity index is 2.08. The minimum Gasteiger partial charge on any atom is -0.381 e. The summed E-state index contributed by atoms with van der Waals surface area (Å²) in [5.41, 5.74) is 3.57. The summed E-state index contributed by atoms with van der Waals surface area (Å²) in [6.45, 7) is 2.89. The molecule has 2 heteroatoms. The Bertz CT molecular complexity index is 465. The van der Waals surface area contributed by atoms with Crippen LogP contribution in [0.5, 0.6) is 0 Å². The van der Waals surface area contributed by atoms with Crippen molar-refractivity contribution in [1.29, 1.82) is 0 Å². The van der Waals surface area contributed by atoms with Crippen molar-refractivity contribution in [1.82, 2.24) is 0 Å². The molecule has 0 bridgehead atoms. The molecule has 82 valence electrons. The Morgan fingerprint density at radius 1 is 1.06 bits per heavy atom. The standard InChI is InChI=1S/C14H14ClN/c1-11-7-8-13(15)9-14(11)16-10-12-5-3-2-4-6-12/h2-9,16H,10H2,1H3. The van der Waals surface area contributed by atoms with Gasteiger partial charge in [-0.2, -0.15) is 0 Å². The summed E-state index contributed by atoms with van der Waals surface area (Å²) in [5, 5.41) is 4.15. The second-order valence-corrected chi connectivity index (χ2v) is 4.23. The van der Waals surface area contributed by atoms with Gasteiger partial charge in [0.15, 0.2) is 0 Å². The Morgan fingerprint density at radius 3 is 2.56 bits per heavy atom. The summed E-state index contributed by atoms with van der Waals surface area (Å²) in [6, 6.07) is 16.2.